The summed E-state index contributed by atoms with van der Waals surface area (Å²) < 4.78 is 0. The second kappa shape index (κ2) is 16.8. The van der Waals surface area contributed by atoms with Crippen molar-refractivity contribution in [2.75, 3.05) is 0 Å². The molecule has 6 nitrogen and oxygen atoms in total. The third kappa shape index (κ3) is 13.1. The van der Waals surface area contributed by atoms with Crippen molar-refractivity contribution >= 4 is 5.91 Å². The molecule has 0 aromatic heterocycles. The van der Waals surface area contributed by atoms with Crippen LogP contribution >= 0.6 is 0 Å². The lowest BCUT2D eigenvalue weighted by Crippen LogP contribution is -2.41. The van der Waals surface area contributed by atoms with E-state index in [1.165, 1.54) is 12.2 Å². The Kier molecular flexibility index (Phi) is 14.4. The van der Waals surface area contributed by atoms with Gasteiger partial charge in [0, 0.05) is 24.5 Å². The van der Waals surface area contributed by atoms with Gasteiger partial charge in [0.15, 0.2) is 0 Å². The van der Waals surface area contributed by atoms with E-state index in [9.17, 15) is 25.2 Å². The smallest absolute Gasteiger partial charge is 0.244 e. The molecule has 0 saturated carbocycles. The van der Waals surface area contributed by atoms with Crippen LogP contribution in [0.4, 0.5) is 0 Å². The van der Waals surface area contributed by atoms with Gasteiger partial charge in [-0.3, -0.25) is 4.79 Å². The van der Waals surface area contributed by atoms with Gasteiger partial charge in [-0.05, 0) is 20.3 Å². The second-order valence-electron chi connectivity index (χ2n) is 8.45. The second-order valence-corrected chi connectivity index (χ2v) is 8.45. The molecule has 6 atom stereocenters. The van der Waals surface area contributed by atoms with Crippen molar-refractivity contribution in [3.8, 4) is 0 Å². The molecule has 6 heteroatoms. The maximum Gasteiger partial charge on any atom is 0.244 e. The molecule has 1 aliphatic rings. The molecule has 0 fully saturated rings. The van der Waals surface area contributed by atoms with Crippen LogP contribution in [0, 0.1) is 5.92 Å². The highest BCUT2D eigenvalue weighted by Crippen LogP contribution is 2.15. The van der Waals surface area contributed by atoms with E-state index < -0.39 is 30.3 Å². The topological polar surface area (TPSA) is 110 Å². The van der Waals surface area contributed by atoms with Crippen LogP contribution in [0.2, 0.25) is 0 Å². The number of hydrogen-bond acceptors (Lipinski definition) is 5. The fraction of sp³-hybridized carbons (Fsp3) is 0.393. The number of aliphatic hydroxyl groups excluding tert-OH is 4. The summed E-state index contributed by atoms with van der Waals surface area (Å²) in [6.45, 7) is 5.59. The Morgan fingerprint density at radius 1 is 0.794 bits per heavy atom. The fourth-order valence-electron chi connectivity index (χ4n) is 3.07. The van der Waals surface area contributed by atoms with Gasteiger partial charge < -0.3 is 25.7 Å². The van der Waals surface area contributed by atoms with E-state index in [4.69, 9.17) is 0 Å². The monoisotopic (exact) mass is 469 g/mol. The standard InChI is InChI=1S/C28H39NO5/c1-21-14-8-4-6-10-17-23(3)29-26(32)19-13-12-16-22(2)27(33)28(34)25(31)20-24(30)18-11-7-5-9-15-21/h4-16,18-19,22-25,27-28,30-31,33-34H,17,20H2,1-3H3,(H,29,32)/b7-5+,8-4+,10-6-,15-9+,16-12+,18-11+,19-13+,21-14-. The fourth-order valence-corrected chi connectivity index (χ4v) is 3.07. The summed E-state index contributed by atoms with van der Waals surface area (Å²) in [5.41, 5.74) is 1.06. The molecule has 1 aliphatic heterocycles. The first-order valence-corrected chi connectivity index (χ1v) is 11.6. The van der Waals surface area contributed by atoms with E-state index in [0.29, 0.717) is 6.42 Å². The molecule has 1 amide bonds. The summed E-state index contributed by atoms with van der Waals surface area (Å²) in [4.78, 5) is 12.0. The van der Waals surface area contributed by atoms with Crippen molar-refractivity contribution in [2.45, 2.75) is 64.1 Å². The number of carbonyl (C=O) groups is 1. The number of amides is 1. The average Bonchev–Trinajstić information content (AvgIpc) is 2.79. The average molecular weight is 470 g/mol. The number of hydrogen-bond donors (Lipinski definition) is 5. The Labute approximate surface area is 203 Å². The summed E-state index contributed by atoms with van der Waals surface area (Å²) in [6, 6.07) is -0.0295. The highest BCUT2D eigenvalue weighted by Gasteiger charge is 2.28. The number of nitrogens with one attached hydrogen (secondary N) is 1. The van der Waals surface area contributed by atoms with Crippen molar-refractivity contribution in [3.63, 3.8) is 0 Å². The van der Waals surface area contributed by atoms with Gasteiger partial charge in [0.1, 0.15) is 6.10 Å². The molecule has 6 unspecified atom stereocenters. The maximum absolute atomic E-state index is 12.0. The van der Waals surface area contributed by atoms with Crippen LogP contribution in [0.5, 0.6) is 0 Å². The van der Waals surface area contributed by atoms with Gasteiger partial charge in [-0.2, -0.15) is 0 Å². The zero-order valence-electron chi connectivity index (χ0n) is 20.2. The maximum atomic E-state index is 12.0. The van der Waals surface area contributed by atoms with Crippen molar-refractivity contribution in [3.05, 3.63) is 96.7 Å². The van der Waals surface area contributed by atoms with E-state index in [-0.39, 0.29) is 18.4 Å². The molecule has 1 heterocycles. The Hall–Kier alpha value is -2.77. The van der Waals surface area contributed by atoms with Crippen LogP contribution in [0.1, 0.15) is 33.6 Å². The van der Waals surface area contributed by atoms with Gasteiger partial charge in [-0.15, -0.1) is 0 Å². The van der Waals surface area contributed by atoms with Crippen LogP contribution in [0.25, 0.3) is 0 Å². The molecular weight excluding hydrogens is 430 g/mol. The molecule has 0 aliphatic carbocycles. The summed E-state index contributed by atoms with van der Waals surface area (Å²) in [6.07, 6.45) is 22.2. The molecule has 5 N–H and O–H groups in total. The number of allylic oxidation sites excluding steroid dienone is 12. The van der Waals surface area contributed by atoms with E-state index in [0.717, 1.165) is 5.57 Å². The molecule has 0 saturated heterocycles. The van der Waals surface area contributed by atoms with Gasteiger partial charge in [0.2, 0.25) is 5.91 Å². The third-order valence-electron chi connectivity index (χ3n) is 5.16. The highest BCUT2D eigenvalue weighted by atomic mass is 16.4. The van der Waals surface area contributed by atoms with E-state index in [2.05, 4.69) is 5.32 Å². The predicted octanol–water partition coefficient (Wildman–Crippen LogP) is 3.20. The van der Waals surface area contributed by atoms with Gasteiger partial charge in [0.05, 0.1) is 18.3 Å². The summed E-state index contributed by atoms with van der Waals surface area (Å²) in [7, 11) is 0. The quantitative estimate of drug-likeness (QED) is 0.374. The van der Waals surface area contributed by atoms with Crippen LogP contribution in [-0.4, -0.2) is 56.8 Å². The molecule has 0 aromatic rings. The first kappa shape index (κ1) is 29.3. The lowest BCUT2D eigenvalue weighted by molar-refractivity contribution is -0.117. The van der Waals surface area contributed by atoms with E-state index >= 15 is 0 Å². The van der Waals surface area contributed by atoms with Crippen molar-refractivity contribution in [1.29, 1.82) is 0 Å². The zero-order valence-corrected chi connectivity index (χ0v) is 20.2. The molecule has 1 rings (SSSR count). The Bertz CT molecular complexity index is 847. The van der Waals surface area contributed by atoms with Gasteiger partial charge >= 0.3 is 0 Å². The summed E-state index contributed by atoms with van der Waals surface area (Å²) in [5, 5.41) is 43.7. The largest absolute Gasteiger partial charge is 0.390 e. The SMILES string of the molecule is CC1=C/C=C/C=C\CC(C)NC(=O)/C=C/C=C/C(C)C(O)C(O)C(O)CC(O)\C=C\C=C\C=C\1. The van der Waals surface area contributed by atoms with Gasteiger partial charge in [0.25, 0.3) is 0 Å². The van der Waals surface area contributed by atoms with Crippen LogP contribution in [-0.2, 0) is 4.79 Å². The van der Waals surface area contributed by atoms with E-state index in [1.54, 1.807) is 37.3 Å². The lowest BCUT2D eigenvalue weighted by Gasteiger charge is -2.26. The van der Waals surface area contributed by atoms with Crippen LogP contribution in [0.3, 0.4) is 0 Å². The van der Waals surface area contributed by atoms with Crippen molar-refractivity contribution in [2.24, 2.45) is 5.92 Å². The van der Waals surface area contributed by atoms with Crippen LogP contribution in [0.15, 0.2) is 96.7 Å². The number of carbonyl (C=O) groups excluding carboxylic acids is 1. The molecular formula is C28H39NO5. The molecule has 34 heavy (non-hydrogen) atoms. The normalized spacial score (nSPS) is 38.9. The summed E-state index contributed by atoms with van der Waals surface area (Å²) >= 11 is 0. The predicted molar refractivity (Wildman–Crippen MR) is 138 cm³/mol. The lowest BCUT2D eigenvalue weighted by atomic mass is 9.93. The van der Waals surface area contributed by atoms with Crippen molar-refractivity contribution < 1.29 is 25.2 Å². The molecule has 0 spiro atoms. The third-order valence-corrected chi connectivity index (χ3v) is 5.16. The minimum atomic E-state index is -1.43. The Balaban J connectivity index is 2.93. The zero-order chi connectivity index (χ0) is 25.3. The minimum Gasteiger partial charge on any atom is -0.390 e. The molecule has 0 radical (unpaired) electrons. The Morgan fingerprint density at radius 3 is 2.21 bits per heavy atom. The number of rotatable bonds is 0. The number of aliphatic hydroxyl groups is 4. The summed E-state index contributed by atoms with van der Waals surface area (Å²) in [5.74, 6) is -0.708. The van der Waals surface area contributed by atoms with E-state index in [1.807, 2.05) is 62.5 Å². The van der Waals surface area contributed by atoms with Gasteiger partial charge in [-0.1, -0.05) is 97.6 Å². The molecule has 0 aromatic carbocycles. The highest BCUT2D eigenvalue weighted by molar-refractivity contribution is 5.87. The first-order valence-electron chi connectivity index (χ1n) is 11.6. The molecule has 0 bridgehead atoms. The van der Waals surface area contributed by atoms with Crippen molar-refractivity contribution in [1.82, 2.24) is 5.32 Å². The van der Waals surface area contributed by atoms with Gasteiger partial charge in [-0.25, -0.2) is 0 Å². The first-order chi connectivity index (χ1) is 16.2. The Morgan fingerprint density at radius 2 is 1.44 bits per heavy atom. The molecule has 186 valence electrons. The minimum absolute atomic E-state index is 0.0295. The van der Waals surface area contributed by atoms with Crippen LogP contribution < -0.4 is 5.32 Å².